The number of amides is 1. The van der Waals surface area contributed by atoms with Crippen molar-refractivity contribution in [3.63, 3.8) is 0 Å². The van der Waals surface area contributed by atoms with Crippen LogP contribution in [0.1, 0.15) is 47.1 Å². The quantitative estimate of drug-likeness (QED) is 0.777. The number of fused-ring (bicyclic) bond motifs is 4. The smallest absolute Gasteiger partial charge is 0.251 e. The lowest BCUT2D eigenvalue weighted by Crippen LogP contribution is -2.47. The Labute approximate surface area is 144 Å². The number of aryl methyl sites for hydroxylation is 1. The summed E-state index contributed by atoms with van der Waals surface area (Å²) in [7, 11) is 0. The molecule has 6 nitrogen and oxygen atoms in total. The van der Waals surface area contributed by atoms with E-state index in [0.29, 0.717) is 22.4 Å². The minimum Gasteiger partial charge on any atom is -0.383 e. The number of ether oxygens (including phenoxy) is 1. The van der Waals surface area contributed by atoms with E-state index in [4.69, 9.17) is 4.74 Å². The fraction of sp³-hybridized carbons (Fsp3) is 0.316. The molecule has 1 amide bonds. The second kappa shape index (κ2) is 5.21. The molecule has 2 aromatic rings. The average Bonchev–Trinajstić information content (AvgIpc) is 2.88. The number of Topliss-reactive ketones (excluding diaryl/α,β-unsaturated/α-hetero) is 1. The zero-order valence-electron chi connectivity index (χ0n) is 14.2. The zero-order valence-corrected chi connectivity index (χ0v) is 14.2. The van der Waals surface area contributed by atoms with Crippen molar-refractivity contribution in [2.75, 3.05) is 0 Å². The van der Waals surface area contributed by atoms with Crippen molar-refractivity contribution in [2.24, 2.45) is 0 Å². The number of hydrogen-bond donors (Lipinski definition) is 2. The van der Waals surface area contributed by atoms with Gasteiger partial charge < -0.3 is 15.2 Å². The van der Waals surface area contributed by atoms with Gasteiger partial charge in [0.1, 0.15) is 12.2 Å². The molecule has 1 aliphatic carbocycles. The molecule has 128 valence electrons. The number of pyridine rings is 1. The fourth-order valence-electron chi connectivity index (χ4n) is 3.56. The predicted molar refractivity (Wildman–Crippen MR) is 89.7 cm³/mol. The molecular formula is C19H18N2O4. The molecule has 0 saturated carbocycles. The van der Waals surface area contributed by atoms with Crippen molar-refractivity contribution in [3.8, 4) is 11.3 Å². The third kappa shape index (κ3) is 2.14. The van der Waals surface area contributed by atoms with Crippen LogP contribution in [0.2, 0.25) is 0 Å². The van der Waals surface area contributed by atoms with Gasteiger partial charge in [0.15, 0.2) is 5.78 Å². The molecule has 1 saturated heterocycles. The van der Waals surface area contributed by atoms with E-state index in [-0.39, 0.29) is 11.7 Å². The molecule has 2 N–H and O–H groups in total. The summed E-state index contributed by atoms with van der Waals surface area (Å²) in [6, 6.07) is 8.79. The Hall–Kier alpha value is -2.57. The van der Waals surface area contributed by atoms with Crippen molar-refractivity contribution < 1.29 is 19.4 Å². The molecule has 1 fully saturated rings. The number of carbonyl (C=O) groups excluding carboxylic acids is 2. The largest absolute Gasteiger partial charge is 0.383 e. The highest BCUT2D eigenvalue weighted by Gasteiger charge is 2.55. The van der Waals surface area contributed by atoms with Gasteiger partial charge in [-0.1, -0.05) is 18.2 Å². The van der Waals surface area contributed by atoms with Gasteiger partial charge >= 0.3 is 0 Å². The number of aliphatic hydroxyl groups excluding tert-OH is 1. The lowest BCUT2D eigenvalue weighted by molar-refractivity contribution is -0.134. The van der Waals surface area contributed by atoms with Crippen LogP contribution in [0.25, 0.3) is 11.3 Å². The van der Waals surface area contributed by atoms with Crippen LogP contribution in [0.3, 0.4) is 0 Å². The van der Waals surface area contributed by atoms with Gasteiger partial charge in [0.25, 0.3) is 5.91 Å². The maximum Gasteiger partial charge on any atom is 0.251 e. The Kier molecular flexibility index (Phi) is 3.32. The van der Waals surface area contributed by atoms with Gasteiger partial charge in [-0.3, -0.25) is 14.6 Å². The standard InChI is InChI=1S/C19H18N2O4/c1-9-4-7-15-16(20-9)13-6-5-12(10(2)22)8-14(13)17(23)19(15)21-18(24)11(3)25-19/h4-8,11,17,23H,1-3H3,(H,21,24)/t11-,17-,19-/m0/s1. The van der Waals surface area contributed by atoms with Crippen LogP contribution in [0.4, 0.5) is 0 Å². The summed E-state index contributed by atoms with van der Waals surface area (Å²) >= 11 is 0. The minimum atomic E-state index is -1.39. The third-order valence-corrected chi connectivity index (χ3v) is 4.87. The Morgan fingerprint density at radius 1 is 1.32 bits per heavy atom. The number of aromatic nitrogens is 1. The Bertz CT molecular complexity index is 924. The summed E-state index contributed by atoms with van der Waals surface area (Å²) in [5, 5.41) is 13.9. The first-order valence-electron chi connectivity index (χ1n) is 8.15. The molecule has 0 unspecified atom stereocenters. The van der Waals surface area contributed by atoms with Gasteiger partial charge in [0.2, 0.25) is 5.72 Å². The molecule has 6 heteroatoms. The maximum atomic E-state index is 12.1. The van der Waals surface area contributed by atoms with Crippen LogP contribution in [-0.2, 0) is 15.3 Å². The van der Waals surface area contributed by atoms with Crippen molar-refractivity contribution >= 4 is 11.7 Å². The highest BCUT2D eigenvalue weighted by Crippen LogP contribution is 2.50. The Balaban J connectivity index is 2.01. The van der Waals surface area contributed by atoms with Crippen molar-refractivity contribution in [1.29, 1.82) is 0 Å². The zero-order chi connectivity index (χ0) is 17.9. The highest BCUT2D eigenvalue weighted by atomic mass is 16.6. The lowest BCUT2D eigenvalue weighted by atomic mass is 9.79. The molecule has 25 heavy (non-hydrogen) atoms. The number of carbonyl (C=O) groups is 2. The van der Waals surface area contributed by atoms with Crippen LogP contribution in [-0.4, -0.2) is 27.9 Å². The van der Waals surface area contributed by atoms with Gasteiger partial charge in [-0.05, 0) is 38.5 Å². The van der Waals surface area contributed by atoms with E-state index in [0.717, 1.165) is 11.3 Å². The maximum absolute atomic E-state index is 12.1. The predicted octanol–water partition coefficient (Wildman–Crippen LogP) is 1.99. The Morgan fingerprint density at radius 3 is 2.72 bits per heavy atom. The number of nitrogens with one attached hydrogen (secondary N) is 1. The summed E-state index contributed by atoms with van der Waals surface area (Å²) in [6.07, 6.45) is -1.84. The molecule has 3 atom stereocenters. The summed E-state index contributed by atoms with van der Waals surface area (Å²) < 4.78 is 5.90. The van der Waals surface area contributed by atoms with Crippen LogP contribution >= 0.6 is 0 Å². The van der Waals surface area contributed by atoms with E-state index in [9.17, 15) is 14.7 Å². The van der Waals surface area contributed by atoms with Gasteiger partial charge in [-0.2, -0.15) is 0 Å². The van der Waals surface area contributed by atoms with Crippen molar-refractivity contribution in [2.45, 2.75) is 38.7 Å². The molecule has 1 spiro atoms. The van der Waals surface area contributed by atoms with Crippen LogP contribution in [0, 0.1) is 6.92 Å². The highest BCUT2D eigenvalue weighted by molar-refractivity contribution is 5.95. The van der Waals surface area contributed by atoms with Crippen LogP contribution in [0.15, 0.2) is 30.3 Å². The van der Waals surface area contributed by atoms with Crippen molar-refractivity contribution in [3.05, 3.63) is 52.7 Å². The van der Waals surface area contributed by atoms with Gasteiger partial charge in [-0.15, -0.1) is 0 Å². The third-order valence-electron chi connectivity index (χ3n) is 4.87. The summed E-state index contributed by atoms with van der Waals surface area (Å²) in [6.45, 7) is 4.98. The number of ketones is 1. The topological polar surface area (TPSA) is 88.5 Å². The minimum absolute atomic E-state index is 0.100. The monoisotopic (exact) mass is 338 g/mol. The van der Waals surface area contributed by atoms with Crippen molar-refractivity contribution in [1.82, 2.24) is 10.3 Å². The van der Waals surface area contributed by atoms with Crippen LogP contribution in [0.5, 0.6) is 0 Å². The van der Waals surface area contributed by atoms with E-state index >= 15 is 0 Å². The molecule has 0 radical (unpaired) electrons. The Morgan fingerprint density at radius 2 is 2.08 bits per heavy atom. The van der Waals surface area contributed by atoms with E-state index in [2.05, 4.69) is 10.3 Å². The number of aliphatic hydroxyl groups is 1. The van der Waals surface area contributed by atoms with E-state index in [1.165, 1.54) is 6.92 Å². The first-order valence-corrected chi connectivity index (χ1v) is 8.15. The fourth-order valence-corrected chi connectivity index (χ4v) is 3.56. The molecule has 1 aromatic heterocycles. The molecule has 4 rings (SSSR count). The van der Waals surface area contributed by atoms with Gasteiger partial charge in [0, 0.05) is 22.4 Å². The average molecular weight is 338 g/mol. The first kappa shape index (κ1) is 15.9. The number of hydrogen-bond acceptors (Lipinski definition) is 5. The number of rotatable bonds is 1. The second-order valence-electron chi connectivity index (χ2n) is 6.59. The molecular weight excluding hydrogens is 320 g/mol. The molecule has 0 bridgehead atoms. The van der Waals surface area contributed by atoms with Crippen LogP contribution < -0.4 is 5.32 Å². The SMILES string of the molecule is CC(=O)c1ccc2c(c1)[C@H](O)[C@]1(NC(=O)[C@H](C)O1)c1ccc(C)nc1-2. The summed E-state index contributed by atoms with van der Waals surface area (Å²) in [5.41, 5.74) is 2.42. The normalized spacial score (nSPS) is 27.0. The van der Waals surface area contributed by atoms with E-state index in [1.807, 2.05) is 19.1 Å². The molecule has 1 aliphatic heterocycles. The van der Waals surface area contributed by atoms with E-state index in [1.54, 1.807) is 25.1 Å². The lowest BCUT2D eigenvalue weighted by Gasteiger charge is -2.39. The van der Waals surface area contributed by atoms with Gasteiger partial charge in [-0.25, -0.2) is 0 Å². The first-order chi connectivity index (χ1) is 11.8. The summed E-state index contributed by atoms with van der Waals surface area (Å²) in [4.78, 5) is 28.5. The number of benzene rings is 1. The van der Waals surface area contributed by atoms with E-state index < -0.39 is 17.9 Å². The van der Waals surface area contributed by atoms with Gasteiger partial charge in [0.05, 0.1) is 5.69 Å². The second-order valence-corrected chi connectivity index (χ2v) is 6.59. The molecule has 2 aliphatic rings. The molecule has 2 heterocycles. The molecule has 1 aromatic carbocycles. The number of nitrogens with zero attached hydrogens (tertiary/aromatic N) is 1. The summed E-state index contributed by atoms with van der Waals surface area (Å²) in [5.74, 6) is -0.395.